The van der Waals surface area contributed by atoms with Crippen LogP contribution >= 0.6 is 0 Å². The second kappa shape index (κ2) is 13.1. The summed E-state index contributed by atoms with van der Waals surface area (Å²) in [5.74, 6) is 0. The van der Waals surface area contributed by atoms with Gasteiger partial charge in [-0.3, -0.25) is 8.42 Å². The summed E-state index contributed by atoms with van der Waals surface area (Å²) in [5.41, 5.74) is 0. The molecule has 6 nitrogen and oxygen atoms in total. The van der Waals surface area contributed by atoms with Crippen LogP contribution in [0.4, 0.5) is 0 Å². The molecule has 0 heterocycles. The molecular formula is HBNa2O6S. The molecule has 0 fully saturated rings. The predicted molar refractivity (Wildman–Crippen MR) is 19.1 cm³/mol. The van der Waals surface area contributed by atoms with Gasteiger partial charge in [0.15, 0.2) is 0 Å². The summed E-state index contributed by atoms with van der Waals surface area (Å²) in [6.45, 7) is 0. The van der Waals surface area contributed by atoms with Crippen molar-refractivity contribution in [2.24, 2.45) is 0 Å². The Labute approximate surface area is 103 Å². The Hall–Kier alpha value is 1.53. The van der Waals surface area contributed by atoms with Gasteiger partial charge in [-0.2, -0.15) is 0 Å². The third kappa shape index (κ3) is 295. The Bertz CT molecular complexity index is 130. The van der Waals surface area contributed by atoms with Crippen LogP contribution in [0.15, 0.2) is 0 Å². The van der Waals surface area contributed by atoms with E-state index in [9.17, 15) is 0 Å². The van der Waals surface area contributed by atoms with Crippen LogP contribution in [0.3, 0.4) is 0 Å². The first-order chi connectivity index (χ1) is 3.41. The maximum atomic E-state index is 8.52. The maximum absolute atomic E-state index is 8.52. The molecule has 0 aliphatic heterocycles. The van der Waals surface area contributed by atoms with Gasteiger partial charge in [-0.05, 0) is 0 Å². The van der Waals surface area contributed by atoms with Crippen molar-refractivity contribution in [2.75, 3.05) is 0 Å². The third-order valence-electron chi connectivity index (χ3n) is 0. The molecule has 0 aromatic rings. The average Bonchev–Trinajstić information content (AvgIpc) is 1.27. The molecule has 0 aromatic carbocycles. The van der Waals surface area contributed by atoms with Gasteiger partial charge < -0.3 is 9.11 Å². The van der Waals surface area contributed by atoms with Gasteiger partial charge in [-0.15, -0.1) is 0 Å². The van der Waals surface area contributed by atoms with E-state index in [1.807, 2.05) is 0 Å². The molecule has 1 N–H and O–H groups in total. The molecule has 10 heteroatoms. The molecule has 48 valence electrons. The number of rotatable bonds is 0. The maximum Gasteiger partial charge on any atom is 1.00 e. The van der Waals surface area contributed by atoms with Crippen LogP contribution in [0.25, 0.3) is 0 Å². The van der Waals surface area contributed by atoms with Crippen molar-refractivity contribution >= 4 is 17.8 Å². The Kier molecular flexibility index (Phi) is 29.6. The second-order valence-electron chi connectivity index (χ2n) is 0.514. The molecule has 0 saturated heterocycles. The van der Waals surface area contributed by atoms with Gasteiger partial charge in [0.25, 0.3) is 0 Å². The van der Waals surface area contributed by atoms with Crippen molar-refractivity contribution in [2.45, 2.75) is 0 Å². The molecule has 0 unspecified atom stereocenters. The fourth-order valence-corrected chi connectivity index (χ4v) is 0. The molecule has 0 saturated carbocycles. The summed E-state index contributed by atoms with van der Waals surface area (Å²) >= 11 is 0. The monoisotopic (exact) mass is 186 g/mol. The molecule has 0 aliphatic carbocycles. The summed E-state index contributed by atoms with van der Waals surface area (Å²) in [7, 11) is -5.42. The standard InChI is InChI=1S/BHO2.2Na.H2O4S/c2-1-3;;;1-5(2,3)4/h2H;;;(H2,1,2,3,4)/q;2*+1;/p-2. The Morgan fingerprint density at radius 1 is 1.20 bits per heavy atom. The molecule has 0 rings (SSSR count). The quantitative estimate of drug-likeness (QED) is 0.228. The van der Waals surface area contributed by atoms with Gasteiger partial charge in [0.1, 0.15) is 0 Å². The first kappa shape index (κ1) is 22.5. The van der Waals surface area contributed by atoms with E-state index >= 15 is 0 Å². The summed E-state index contributed by atoms with van der Waals surface area (Å²) in [4.78, 5) is 0. The summed E-state index contributed by atoms with van der Waals surface area (Å²) in [6, 6.07) is 0. The smallest absolute Gasteiger partial charge is 0.759 e. The predicted octanol–water partition coefficient (Wildman–Crippen LogP) is -8.39. The van der Waals surface area contributed by atoms with E-state index in [1.165, 1.54) is 0 Å². The number of hydrogen-bond donors (Lipinski definition) is 1. The summed E-state index contributed by atoms with van der Waals surface area (Å²) < 4.78 is 42.4. The van der Waals surface area contributed by atoms with Gasteiger partial charge >= 0.3 is 76.2 Å². The van der Waals surface area contributed by atoms with E-state index < -0.39 is 10.4 Å². The van der Waals surface area contributed by atoms with Crippen LogP contribution in [0.1, 0.15) is 0 Å². The zero-order chi connectivity index (χ0) is 7.21. The minimum Gasteiger partial charge on any atom is -0.759 e. The zero-order valence-corrected chi connectivity index (χ0v) is 10.3. The van der Waals surface area contributed by atoms with Crippen molar-refractivity contribution in [3.05, 3.63) is 0 Å². The Morgan fingerprint density at radius 3 is 1.20 bits per heavy atom. The SMILES string of the molecule is O=BO.O=S(=O)([O-])[O-].[Na+].[Na+]. The fourth-order valence-electron chi connectivity index (χ4n) is 0. The van der Waals surface area contributed by atoms with Crippen LogP contribution in [0.5, 0.6) is 0 Å². The number of hydrogen-bond acceptors (Lipinski definition) is 5. The molecule has 0 atom stereocenters. The third-order valence-corrected chi connectivity index (χ3v) is 0. The second-order valence-corrected chi connectivity index (χ2v) is 1.33. The first-order valence-corrected chi connectivity index (χ1v) is 2.49. The van der Waals surface area contributed by atoms with Crippen LogP contribution in [0.2, 0.25) is 0 Å². The van der Waals surface area contributed by atoms with Crippen LogP contribution in [-0.4, -0.2) is 29.9 Å². The molecule has 0 spiro atoms. The van der Waals surface area contributed by atoms with E-state index in [0.29, 0.717) is 0 Å². The average molecular weight is 186 g/mol. The molecular weight excluding hydrogens is 185 g/mol. The molecule has 0 bridgehead atoms. The normalized spacial score (nSPS) is 6.60. The van der Waals surface area contributed by atoms with Crippen LogP contribution in [0, 0.1) is 0 Å². The minimum absolute atomic E-state index is 0. The molecule has 0 aromatic heterocycles. The van der Waals surface area contributed by atoms with E-state index in [2.05, 4.69) is 0 Å². The molecule has 0 amide bonds. The van der Waals surface area contributed by atoms with E-state index in [4.69, 9.17) is 27.3 Å². The molecule has 10 heavy (non-hydrogen) atoms. The van der Waals surface area contributed by atoms with E-state index in [0.717, 1.165) is 0 Å². The van der Waals surface area contributed by atoms with Crippen molar-refractivity contribution in [1.29, 1.82) is 0 Å². The largest absolute Gasteiger partial charge is 1.00 e. The van der Waals surface area contributed by atoms with Crippen molar-refractivity contribution in [3.8, 4) is 0 Å². The summed E-state index contributed by atoms with van der Waals surface area (Å²) in [5, 5.41) is 6.89. The van der Waals surface area contributed by atoms with Gasteiger partial charge in [0.2, 0.25) is 0 Å². The Morgan fingerprint density at radius 2 is 1.20 bits per heavy atom. The molecule has 0 aliphatic rings. The fraction of sp³-hybridized carbons (Fsp3) is 0. The van der Waals surface area contributed by atoms with Gasteiger partial charge in [-0.1, -0.05) is 0 Å². The Balaban J connectivity index is -0.0000000326. The van der Waals surface area contributed by atoms with Gasteiger partial charge in [0, 0.05) is 10.4 Å². The molecule has 0 radical (unpaired) electrons. The topological polar surface area (TPSA) is 118 Å². The van der Waals surface area contributed by atoms with Crippen molar-refractivity contribution in [3.63, 3.8) is 0 Å². The van der Waals surface area contributed by atoms with Crippen LogP contribution < -0.4 is 59.1 Å². The van der Waals surface area contributed by atoms with E-state index in [-0.39, 0.29) is 66.5 Å². The van der Waals surface area contributed by atoms with Gasteiger partial charge in [-0.25, -0.2) is 0 Å². The summed E-state index contributed by atoms with van der Waals surface area (Å²) in [6.07, 6.45) is 0. The van der Waals surface area contributed by atoms with Crippen molar-refractivity contribution < 1.29 is 86.4 Å². The minimum atomic E-state index is -5.17. The van der Waals surface area contributed by atoms with Gasteiger partial charge in [0.05, 0.1) is 0 Å². The van der Waals surface area contributed by atoms with Crippen molar-refractivity contribution in [1.82, 2.24) is 0 Å². The van der Waals surface area contributed by atoms with Crippen LogP contribution in [-0.2, 0) is 15.1 Å². The zero-order valence-electron chi connectivity index (χ0n) is 5.47. The van der Waals surface area contributed by atoms with E-state index in [1.54, 1.807) is 0 Å². The first-order valence-electron chi connectivity index (χ1n) is 1.16.